The number of aromatic nitrogens is 3. The molecule has 1 aromatic carbocycles. The van der Waals surface area contributed by atoms with Crippen LogP contribution in [0.5, 0.6) is 0 Å². The van der Waals surface area contributed by atoms with Crippen LogP contribution in [0.3, 0.4) is 0 Å². The highest BCUT2D eigenvalue weighted by Gasteiger charge is 2.21. The summed E-state index contributed by atoms with van der Waals surface area (Å²) in [6.07, 6.45) is 7.00. The second-order valence-electron chi connectivity index (χ2n) is 11.5. The number of carbonyl (C=O) groups excluding carboxylic acids is 1. The van der Waals surface area contributed by atoms with Gasteiger partial charge in [-0.05, 0) is 88.7 Å². The zero-order valence-electron chi connectivity index (χ0n) is 23.5. The molecule has 0 N–H and O–H groups in total. The van der Waals surface area contributed by atoms with E-state index in [1.807, 2.05) is 36.1 Å². The molecule has 0 unspecified atom stereocenters. The van der Waals surface area contributed by atoms with Gasteiger partial charge in [-0.15, -0.1) is 0 Å². The lowest BCUT2D eigenvalue weighted by Gasteiger charge is -2.26. The van der Waals surface area contributed by atoms with E-state index in [-0.39, 0.29) is 5.91 Å². The van der Waals surface area contributed by atoms with Crippen LogP contribution in [0.1, 0.15) is 82.3 Å². The van der Waals surface area contributed by atoms with Gasteiger partial charge in [0.05, 0.1) is 11.0 Å². The molecule has 0 bridgehead atoms. The van der Waals surface area contributed by atoms with Gasteiger partial charge in [-0.1, -0.05) is 39.3 Å². The van der Waals surface area contributed by atoms with E-state index in [4.69, 9.17) is 9.51 Å². The van der Waals surface area contributed by atoms with E-state index in [0.717, 1.165) is 79.3 Å². The van der Waals surface area contributed by atoms with Gasteiger partial charge >= 0.3 is 0 Å². The number of hydrogen-bond donors (Lipinski definition) is 0. The number of piperidine rings is 1. The maximum atomic E-state index is 13.7. The minimum atomic E-state index is 0.114. The largest absolute Gasteiger partial charge is 0.361 e. The Labute approximate surface area is 222 Å². The van der Waals surface area contributed by atoms with E-state index in [1.165, 1.54) is 32.4 Å². The topological polar surface area (TPSA) is 67.4 Å². The van der Waals surface area contributed by atoms with Crippen LogP contribution in [-0.4, -0.2) is 63.1 Å². The van der Waals surface area contributed by atoms with Crippen LogP contribution in [0.4, 0.5) is 0 Å². The number of benzene rings is 1. The van der Waals surface area contributed by atoms with Gasteiger partial charge in [-0.2, -0.15) is 0 Å². The number of amides is 1. The van der Waals surface area contributed by atoms with Crippen LogP contribution < -0.4 is 0 Å². The number of fused-ring (bicyclic) bond motifs is 1. The number of rotatable bonds is 12. The molecule has 3 aromatic rings. The summed E-state index contributed by atoms with van der Waals surface area (Å²) in [5.74, 6) is 2.82. The van der Waals surface area contributed by atoms with Gasteiger partial charge in [0.15, 0.2) is 5.82 Å². The summed E-state index contributed by atoms with van der Waals surface area (Å²) in [6.45, 7) is 16.6. The predicted molar refractivity (Wildman–Crippen MR) is 150 cm³/mol. The molecule has 0 spiro atoms. The lowest BCUT2D eigenvalue weighted by molar-refractivity contribution is 0.0741. The van der Waals surface area contributed by atoms with Gasteiger partial charge in [-0.25, -0.2) is 4.98 Å². The number of carbonyl (C=O) groups is 1. The van der Waals surface area contributed by atoms with Crippen molar-refractivity contribution in [2.24, 2.45) is 11.8 Å². The Morgan fingerprint density at radius 2 is 1.70 bits per heavy atom. The van der Waals surface area contributed by atoms with Gasteiger partial charge < -0.3 is 18.9 Å². The third-order valence-electron chi connectivity index (χ3n) is 7.40. The molecule has 0 aliphatic carbocycles. The highest BCUT2D eigenvalue weighted by molar-refractivity contribution is 5.98. The monoisotopic (exact) mass is 507 g/mol. The standard InChI is InChI=1S/C30H45N5O2/c1-22(2)12-18-34(19-13-23(3)4)30(36)25-10-11-26-28(21-25)35(17-9-16-33-14-7-6-8-15-33)29(31-26)27-20-24(5)37-32-27/h10-11,20-23H,6-9,12-19H2,1-5H3. The number of imidazole rings is 1. The van der Waals surface area contributed by atoms with E-state index in [0.29, 0.717) is 11.8 Å². The Bertz CT molecular complexity index is 1140. The van der Waals surface area contributed by atoms with E-state index in [1.54, 1.807) is 0 Å². The summed E-state index contributed by atoms with van der Waals surface area (Å²) in [5.41, 5.74) is 3.36. The lowest BCUT2D eigenvalue weighted by atomic mass is 10.1. The number of hydrogen-bond acceptors (Lipinski definition) is 5. The molecule has 7 heteroatoms. The van der Waals surface area contributed by atoms with Gasteiger partial charge in [-0.3, -0.25) is 4.79 Å². The fraction of sp³-hybridized carbons (Fsp3) is 0.633. The van der Waals surface area contributed by atoms with E-state index < -0.39 is 0 Å². The molecular formula is C30H45N5O2. The van der Waals surface area contributed by atoms with Crippen LogP contribution in [0.15, 0.2) is 28.8 Å². The molecule has 1 aliphatic rings. The first kappa shape index (κ1) is 27.4. The fourth-order valence-corrected chi connectivity index (χ4v) is 5.11. The highest BCUT2D eigenvalue weighted by Crippen LogP contribution is 2.27. The van der Waals surface area contributed by atoms with Crippen LogP contribution in [-0.2, 0) is 6.54 Å². The quantitative estimate of drug-likeness (QED) is 0.283. The van der Waals surface area contributed by atoms with Crippen molar-refractivity contribution in [1.82, 2.24) is 24.5 Å². The molecule has 0 atom stereocenters. The molecule has 1 aliphatic heterocycles. The molecule has 2 aromatic heterocycles. The molecule has 1 amide bonds. The summed E-state index contributed by atoms with van der Waals surface area (Å²) in [5, 5.41) is 4.26. The zero-order valence-corrected chi connectivity index (χ0v) is 23.5. The normalized spacial score (nSPS) is 14.8. The molecular weight excluding hydrogens is 462 g/mol. The Kier molecular flexibility index (Phi) is 9.41. The maximum absolute atomic E-state index is 13.7. The van der Waals surface area contributed by atoms with E-state index in [9.17, 15) is 4.79 Å². The van der Waals surface area contributed by atoms with Crippen molar-refractivity contribution in [2.45, 2.75) is 79.7 Å². The van der Waals surface area contributed by atoms with E-state index in [2.05, 4.69) is 42.3 Å². The summed E-state index contributed by atoms with van der Waals surface area (Å²) in [4.78, 5) is 23.2. The average molecular weight is 508 g/mol. The van der Waals surface area contributed by atoms with Gasteiger partial charge in [0, 0.05) is 31.3 Å². The van der Waals surface area contributed by atoms with Gasteiger partial charge in [0.2, 0.25) is 0 Å². The lowest BCUT2D eigenvalue weighted by Crippen LogP contribution is -2.34. The predicted octanol–water partition coefficient (Wildman–Crippen LogP) is 6.41. The van der Waals surface area contributed by atoms with Crippen molar-refractivity contribution in [2.75, 3.05) is 32.7 Å². The smallest absolute Gasteiger partial charge is 0.253 e. The summed E-state index contributed by atoms with van der Waals surface area (Å²) >= 11 is 0. The van der Waals surface area contributed by atoms with Crippen molar-refractivity contribution >= 4 is 16.9 Å². The fourth-order valence-electron chi connectivity index (χ4n) is 5.11. The zero-order chi connectivity index (χ0) is 26.4. The van der Waals surface area contributed by atoms with Gasteiger partial charge in [0.1, 0.15) is 11.5 Å². The van der Waals surface area contributed by atoms with Crippen molar-refractivity contribution < 1.29 is 9.32 Å². The molecule has 37 heavy (non-hydrogen) atoms. The third-order valence-corrected chi connectivity index (χ3v) is 7.40. The molecule has 0 saturated carbocycles. The number of likely N-dealkylation sites (tertiary alicyclic amines) is 1. The Morgan fingerprint density at radius 1 is 1.00 bits per heavy atom. The van der Waals surface area contributed by atoms with Gasteiger partial charge in [0.25, 0.3) is 5.91 Å². The van der Waals surface area contributed by atoms with E-state index >= 15 is 0 Å². The molecule has 4 rings (SSSR count). The van der Waals surface area contributed by atoms with Crippen LogP contribution in [0, 0.1) is 18.8 Å². The second-order valence-corrected chi connectivity index (χ2v) is 11.5. The molecule has 0 radical (unpaired) electrons. The molecule has 3 heterocycles. The average Bonchev–Trinajstić information content (AvgIpc) is 3.47. The first-order chi connectivity index (χ1) is 17.8. The number of aryl methyl sites for hydroxylation is 2. The van der Waals surface area contributed by atoms with Crippen molar-refractivity contribution in [3.63, 3.8) is 0 Å². The Morgan fingerprint density at radius 3 is 2.32 bits per heavy atom. The Hall–Kier alpha value is -2.67. The van der Waals surface area contributed by atoms with Crippen molar-refractivity contribution in [3.8, 4) is 11.5 Å². The minimum Gasteiger partial charge on any atom is -0.361 e. The highest BCUT2D eigenvalue weighted by atomic mass is 16.5. The molecule has 202 valence electrons. The summed E-state index contributed by atoms with van der Waals surface area (Å²) in [6, 6.07) is 7.91. The maximum Gasteiger partial charge on any atom is 0.253 e. The first-order valence-corrected chi connectivity index (χ1v) is 14.3. The van der Waals surface area contributed by atoms with Crippen LogP contribution >= 0.6 is 0 Å². The minimum absolute atomic E-state index is 0.114. The second kappa shape index (κ2) is 12.7. The summed E-state index contributed by atoms with van der Waals surface area (Å²) in [7, 11) is 0. The Balaban J connectivity index is 1.62. The van der Waals surface area contributed by atoms with Crippen molar-refractivity contribution in [1.29, 1.82) is 0 Å². The van der Waals surface area contributed by atoms with Crippen LogP contribution in [0.25, 0.3) is 22.6 Å². The summed E-state index contributed by atoms with van der Waals surface area (Å²) < 4.78 is 7.62. The first-order valence-electron chi connectivity index (χ1n) is 14.3. The number of nitrogens with zero attached hydrogens (tertiary/aromatic N) is 5. The van der Waals surface area contributed by atoms with Crippen molar-refractivity contribution in [3.05, 3.63) is 35.6 Å². The molecule has 1 saturated heterocycles. The molecule has 7 nitrogen and oxygen atoms in total. The third kappa shape index (κ3) is 7.22. The van der Waals surface area contributed by atoms with Crippen LogP contribution in [0.2, 0.25) is 0 Å². The SMILES string of the molecule is Cc1cc(-c2nc3ccc(C(=O)N(CCC(C)C)CCC(C)C)cc3n2CCCN2CCCCC2)no1. The molecule has 1 fully saturated rings.